The summed E-state index contributed by atoms with van der Waals surface area (Å²) in [7, 11) is 1.62. The quantitative estimate of drug-likeness (QED) is 0.523. The zero-order valence-electron chi connectivity index (χ0n) is 18.7. The number of amides is 2. The van der Waals surface area contributed by atoms with Crippen LogP contribution in [0.5, 0.6) is 5.75 Å². The number of carbonyl (C=O) groups excluding carboxylic acids is 2. The van der Waals surface area contributed by atoms with Crippen molar-refractivity contribution >= 4 is 35.2 Å². The Morgan fingerprint density at radius 2 is 1.84 bits per heavy atom. The van der Waals surface area contributed by atoms with Crippen LogP contribution in [-0.4, -0.2) is 41.7 Å². The lowest BCUT2D eigenvalue weighted by Gasteiger charge is -2.29. The number of ether oxygens (including phenoxy) is 1. The zero-order chi connectivity index (χ0) is 22.9. The zero-order valence-corrected chi connectivity index (χ0v) is 20.3. The van der Waals surface area contributed by atoms with Crippen LogP contribution in [0.15, 0.2) is 48.5 Å². The fourth-order valence-corrected chi connectivity index (χ4v) is 5.04. The smallest absolute Gasteiger partial charge is 0.242 e. The van der Waals surface area contributed by atoms with Gasteiger partial charge in [0.15, 0.2) is 0 Å². The van der Waals surface area contributed by atoms with E-state index in [0.717, 1.165) is 42.6 Å². The van der Waals surface area contributed by atoms with Crippen molar-refractivity contribution in [3.63, 3.8) is 0 Å². The summed E-state index contributed by atoms with van der Waals surface area (Å²) in [6.07, 6.45) is 4.32. The second-order valence-electron chi connectivity index (χ2n) is 8.12. The number of nitrogens with zero attached hydrogens (tertiary/aromatic N) is 1. The molecule has 1 fully saturated rings. The maximum absolute atomic E-state index is 13.2. The first-order valence-electron chi connectivity index (χ1n) is 11.0. The Labute approximate surface area is 199 Å². The molecule has 1 aliphatic carbocycles. The fourth-order valence-electron chi connectivity index (χ4n) is 3.85. The molecule has 1 N–H and O–H groups in total. The molecule has 0 saturated heterocycles. The number of hydrogen-bond donors (Lipinski definition) is 1. The van der Waals surface area contributed by atoms with Crippen LogP contribution >= 0.6 is 23.4 Å². The molecule has 0 heterocycles. The summed E-state index contributed by atoms with van der Waals surface area (Å²) in [5.74, 6) is 1.53. The molecule has 1 atom stereocenters. The molecule has 32 heavy (non-hydrogen) atoms. The number of hydrogen-bond acceptors (Lipinski definition) is 4. The minimum Gasteiger partial charge on any atom is -0.497 e. The van der Waals surface area contributed by atoms with E-state index in [1.165, 1.54) is 11.8 Å². The molecule has 0 radical (unpaired) electrons. The number of rotatable bonds is 10. The van der Waals surface area contributed by atoms with Crippen LogP contribution in [0, 0.1) is 0 Å². The topological polar surface area (TPSA) is 58.6 Å². The van der Waals surface area contributed by atoms with Gasteiger partial charge in [0, 0.05) is 23.4 Å². The lowest BCUT2D eigenvalue weighted by atomic mass is 10.1. The average molecular weight is 475 g/mol. The van der Waals surface area contributed by atoms with Crippen LogP contribution in [0.4, 0.5) is 0 Å². The molecule has 7 heteroatoms. The molecule has 3 rings (SSSR count). The van der Waals surface area contributed by atoms with Gasteiger partial charge in [0.1, 0.15) is 11.8 Å². The second kappa shape index (κ2) is 12.2. The van der Waals surface area contributed by atoms with Gasteiger partial charge in [-0.15, -0.1) is 11.8 Å². The lowest BCUT2D eigenvalue weighted by Crippen LogP contribution is -2.50. The van der Waals surface area contributed by atoms with Gasteiger partial charge < -0.3 is 15.0 Å². The van der Waals surface area contributed by atoms with Gasteiger partial charge in [-0.05, 0) is 49.1 Å². The highest BCUT2D eigenvalue weighted by Crippen LogP contribution is 2.23. The van der Waals surface area contributed by atoms with Gasteiger partial charge in [-0.25, -0.2) is 0 Å². The highest BCUT2D eigenvalue weighted by molar-refractivity contribution is 7.99. The molecular weight excluding hydrogens is 444 g/mol. The van der Waals surface area contributed by atoms with Crippen molar-refractivity contribution in [2.75, 3.05) is 12.9 Å². The Kier molecular flexibility index (Phi) is 9.30. The number of nitrogens with one attached hydrogen (secondary N) is 1. The monoisotopic (exact) mass is 474 g/mol. The summed E-state index contributed by atoms with van der Waals surface area (Å²) >= 11 is 7.74. The molecule has 0 aromatic heterocycles. The molecule has 1 aliphatic rings. The van der Waals surface area contributed by atoms with Crippen LogP contribution in [0.2, 0.25) is 5.02 Å². The Bertz CT molecular complexity index is 900. The molecule has 172 valence electrons. The highest BCUT2D eigenvalue weighted by atomic mass is 35.5. The van der Waals surface area contributed by atoms with E-state index < -0.39 is 6.04 Å². The van der Waals surface area contributed by atoms with E-state index in [1.54, 1.807) is 12.0 Å². The van der Waals surface area contributed by atoms with Gasteiger partial charge in [0.05, 0.1) is 12.9 Å². The van der Waals surface area contributed by atoms with E-state index in [-0.39, 0.29) is 23.6 Å². The third kappa shape index (κ3) is 6.91. The van der Waals surface area contributed by atoms with Gasteiger partial charge in [-0.3, -0.25) is 9.59 Å². The summed E-state index contributed by atoms with van der Waals surface area (Å²) in [6, 6.07) is 14.9. The predicted octanol–water partition coefficient (Wildman–Crippen LogP) is 5.06. The summed E-state index contributed by atoms with van der Waals surface area (Å²) in [5.41, 5.74) is 1.96. The van der Waals surface area contributed by atoms with E-state index in [9.17, 15) is 9.59 Å². The van der Waals surface area contributed by atoms with Crippen molar-refractivity contribution in [2.45, 2.75) is 57.0 Å². The van der Waals surface area contributed by atoms with E-state index in [1.807, 2.05) is 55.5 Å². The maximum Gasteiger partial charge on any atom is 0.242 e. The number of carbonyl (C=O) groups is 2. The van der Waals surface area contributed by atoms with Gasteiger partial charge in [-0.1, -0.05) is 54.8 Å². The molecule has 2 aromatic rings. The van der Waals surface area contributed by atoms with Crippen molar-refractivity contribution in [3.8, 4) is 5.75 Å². The minimum atomic E-state index is -0.550. The van der Waals surface area contributed by atoms with E-state index in [0.29, 0.717) is 17.3 Å². The third-order valence-corrected chi connectivity index (χ3v) is 7.16. The molecule has 2 aromatic carbocycles. The predicted molar refractivity (Wildman–Crippen MR) is 131 cm³/mol. The maximum atomic E-state index is 13.2. The standard InChI is InChI=1S/C25H31ClN2O3S/c1-18(25(30)27-21-8-4-5-9-21)28(15-19-11-13-22(31-2)14-12-19)24(29)17-32-16-20-7-3-6-10-23(20)26/h3,6-7,10-14,18,21H,4-5,8-9,15-17H2,1-2H3,(H,27,30)/t18-/m1/s1. The Morgan fingerprint density at radius 3 is 2.50 bits per heavy atom. The molecule has 5 nitrogen and oxygen atoms in total. The Balaban J connectivity index is 1.66. The summed E-state index contributed by atoms with van der Waals surface area (Å²) < 4.78 is 5.23. The van der Waals surface area contributed by atoms with Crippen molar-refractivity contribution in [3.05, 3.63) is 64.7 Å². The summed E-state index contributed by atoms with van der Waals surface area (Å²) in [6.45, 7) is 2.18. The number of methoxy groups -OCH3 is 1. The van der Waals surface area contributed by atoms with Gasteiger partial charge in [0.25, 0.3) is 0 Å². The summed E-state index contributed by atoms with van der Waals surface area (Å²) in [5, 5.41) is 3.83. The van der Waals surface area contributed by atoms with Crippen molar-refractivity contribution < 1.29 is 14.3 Å². The average Bonchev–Trinajstić information content (AvgIpc) is 3.31. The van der Waals surface area contributed by atoms with Crippen molar-refractivity contribution in [2.24, 2.45) is 0 Å². The number of halogens is 1. The first-order valence-corrected chi connectivity index (χ1v) is 12.5. The molecule has 0 bridgehead atoms. The van der Waals surface area contributed by atoms with Crippen molar-refractivity contribution in [1.82, 2.24) is 10.2 Å². The normalized spacial score (nSPS) is 14.7. The van der Waals surface area contributed by atoms with Gasteiger partial charge >= 0.3 is 0 Å². The number of benzene rings is 2. The molecular formula is C25H31ClN2O3S. The van der Waals surface area contributed by atoms with Crippen molar-refractivity contribution in [1.29, 1.82) is 0 Å². The Morgan fingerprint density at radius 1 is 1.16 bits per heavy atom. The number of thioether (sulfide) groups is 1. The fraction of sp³-hybridized carbons (Fsp3) is 0.440. The van der Waals surface area contributed by atoms with E-state index >= 15 is 0 Å². The largest absolute Gasteiger partial charge is 0.497 e. The highest BCUT2D eigenvalue weighted by Gasteiger charge is 2.28. The lowest BCUT2D eigenvalue weighted by molar-refractivity contribution is -0.138. The van der Waals surface area contributed by atoms with Crippen LogP contribution in [-0.2, 0) is 21.9 Å². The van der Waals surface area contributed by atoms with E-state index in [4.69, 9.17) is 16.3 Å². The van der Waals surface area contributed by atoms with E-state index in [2.05, 4.69) is 5.32 Å². The molecule has 0 unspecified atom stereocenters. The molecule has 0 aliphatic heterocycles. The SMILES string of the molecule is COc1ccc(CN(C(=O)CSCc2ccccc2Cl)[C@H](C)C(=O)NC2CCCC2)cc1. The minimum absolute atomic E-state index is 0.0630. The molecule has 1 saturated carbocycles. The van der Waals surface area contributed by atoms with Crippen LogP contribution in [0.3, 0.4) is 0 Å². The van der Waals surface area contributed by atoms with Crippen LogP contribution in [0.1, 0.15) is 43.7 Å². The van der Waals surface area contributed by atoms with Crippen LogP contribution < -0.4 is 10.1 Å². The first-order chi connectivity index (χ1) is 15.5. The molecule has 0 spiro atoms. The first kappa shape index (κ1) is 24.5. The summed E-state index contributed by atoms with van der Waals surface area (Å²) in [4.78, 5) is 27.8. The van der Waals surface area contributed by atoms with Crippen LogP contribution in [0.25, 0.3) is 0 Å². The van der Waals surface area contributed by atoms with Gasteiger partial charge in [-0.2, -0.15) is 0 Å². The third-order valence-electron chi connectivity index (χ3n) is 5.82. The Hall–Kier alpha value is -2.18. The second-order valence-corrected chi connectivity index (χ2v) is 9.51. The molecule has 2 amide bonds. The van der Waals surface area contributed by atoms with Gasteiger partial charge in [0.2, 0.25) is 11.8 Å².